The van der Waals surface area contributed by atoms with E-state index in [0.29, 0.717) is 37.8 Å². The van der Waals surface area contributed by atoms with Crippen molar-refractivity contribution < 1.29 is 28.5 Å². The largest absolute Gasteiger partial charge is 0.493 e. The van der Waals surface area contributed by atoms with Crippen molar-refractivity contribution in [2.24, 2.45) is 0 Å². The first-order chi connectivity index (χ1) is 19.6. The van der Waals surface area contributed by atoms with Crippen LogP contribution < -0.4 is 14.8 Å². The van der Waals surface area contributed by atoms with Crippen LogP contribution in [0.5, 0.6) is 11.5 Å². The SMILES string of the molecule is COc1cc2c(cc1OCC(=O)N1CCOCC1)CCN1C[C@@H](c3cccc(C)c3)[C@H](NC(=O)OC(C)(C)C)C[C@H]21. The maximum atomic E-state index is 12.9. The number of nitrogens with zero attached hydrogens (tertiary/aromatic N) is 2. The lowest BCUT2D eigenvalue weighted by molar-refractivity contribution is -0.137. The minimum atomic E-state index is -0.575. The number of piperidine rings is 1. The molecule has 2 aromatic rings. The van der Waals surface area contributed by atoms with Crippen molar-refractivity contribution in [2.75, 3.05) is 53.1 Å². The van der Waals surface area contributed by atoms with Crippen molar-refractivity contribution in [2.45, 2.75) is 64.1 Å². The highest BCUT2D eigenvalue weighted by atomic mass is 16.6. The Morgan fingerprint density at radius 2 is 1.85 bits per heavy atom. The number of hydrogen-bond donors (Lipinski definition) is 1. The van der Waals surface area contributed by atoms with E-state index in [9.17, 15) is 9.59 Å². The molecule has 1 N–H and O–H groups in total. The van der Waals surface area contributed by atoms with Gasteiger partial charge in [-0.2, -0.15) is 0 Å². The molecule has 2 saturated heterocycles. The first-order valence-electron chi connectivity index (χ1n) is 14.6. The van der Waals surface area contributed by atoms with Gasteiger partial charge in [0.2, 0.25) is 0 Å². The third-order valence-corrected chi connectivity index (χ3v) is 8.18. The van der Waals surface area contributed by atoms with Gasteiger partial charge in [-0.1, -0.05) is 29.8 Å². The predicted molar refractivity (Wildman–Crippen MR) is 156 cm³/mol. The molecule has 3 aliphatic rings. The molecule has 0 saturated carbocycles. The molecule has 2 aromatic carbocycles. The van der Waals surface area contributed by atoms with Crippen LogP contribution >= 0.6 is 0 Å². The van der Waals surface area contributed by atoms with Gasteiger partial charge >= 0.3 is 6.09 Å². The molecule has 3 heterocycles. The molecule has 0 radical (unpaired) electrons. The van der Waals surface area contributed by atoms with Crippen molar-refractivity contribution in [3.63, 3.8) is 0 Å². The van der Waals surface area contributed by atoms with Crippen molar-refractivity contribution in [3.8, 4) is 11.5 Å². The molecule has 3 atom stereocenters. The average molecular weight is 566 g/mol. The normalized spacial score (nSPS) is 22.8. The highest BCUT2D eigenvalue weighted by Crippen LogP contribution is 2.45. The molecule has 222 valence electrons. The summed E-state index contributed by atoms with van der Waals surface area (Å²) >= 11 is 0. The minimum Gasteiger partial charge on any atom is -0.493 e. The van der Waals surface area contributed by atoms with Crippen LogP contribution in [0.1, 0.15) is 61.4 Å². The van der Waals surface area contributed by atoms with E-state index in [2.05, 4.69) is 47.5 Å². The summed E-state index contributed by atoms with van der Waals surface area (Å²) in [5, 5.41) is 3.22. The second kappa shape index (κ2) is 12.3. The number of hydrogen-bond acceptors (Lipinski definition) is 7. The van der Waals surface area contributed by atoms with Crippen molar-refractivity contribution in [3.05, 3.63) is 58.7 Å². The number of carbonyl (C=O) groups is 2. The Hall–Kier alpha value is -3.30. The van der Waals surface area contributed by atoms with Crippen LogP contribution in [-0.4, -0.2) is 86.6 Å². The number of methoxy groups -OCH3 is 1. The van der Waals surface area contributed by atoms with E-state index in [1.54, 1.807) is 12.0 Å². The number of amides is 2. The molecule has 9 heteroatoms. The van der Waals surface area contributed by atoms with Gasteiger partial charge < -0.3 is 29.2 Å². The Morgan fingerprint density at radius 3 is 2.56 bits per heavy atom. The molecular formula is C32H43N3O6. The fourth-order valence-electron chi connectivity index (χ4n) is 6.21. The Morgan fingerprint density at radius 1 is 1.07 bits per heavy atom. The van der Waals surface area contributed by atoms with E-state index in [1.807, 2.05) is 26.8 Å². The Labute approximate surface area is 243 Å². The minimum absolute atomic E-state index is 0.0369. The van der Waals surface area contributed by atoms with Gasteiger partial charge in [0.25, 0.3) is 5.91 Å². The lowest BCUT2D eigenvalue weighted by Crippen LogP contribution is -2.53. The summed E-state index contributed by atoms with van der Waals surface area (Å²) < 4.78 is 22.8. The summed E-state index contributed by atoms with van der Waals surface area (Å²) in [6.07, 6.45) is 1.22. The number of ether oxygens (including phenoxy) is 4. The fourth-order valence-corrected chi connectivity index (χ4v) is 6.21. The molecule has 3 aliphatic heterocycles. The number of morpholine rings is 1. The van der Waals surface area contributed by atoms with Crippen molar-refractivity contribution in [1.82, 2.24) is 15.1 Å². The van der Waals surface area contributed by atoms with Crippen LogP contribution in [0.4, 0.5) is 4.79 Å². The number of carbonyl (C=O) groups excluding carboxylic acids is 2. The monoisotopic (exact) mass is 565 g/mol. The fraction of sp³-hybridized carbons (Fsp3) is 0.562. The summed E-state index contributed by atoms with van der Waals surface area (Å²) in [5.74, 6) is 1.27. The summed E-state index contributed by atoms with van der Waals surface area (Å²) in [6.45, 7) is 11.7. The topological polar surface area (TPSA) is 89.6 Å². The van der Waals surface area contributed by atoms with Crippen LogP contribution in [0.2, 0.25) is 0 Å². The molecule has 0 bridgehead atoms. The van der Waals surface area contributed by atoms with Gasteiger partial charge in [0.15, 0.2) is 18.1 Å². The first-order valence-corrected chi connectivity index (χ1v) is 14.6. The van der Waals surface area contributed by atoms with Gasteiger partial charge in [-0.3, -0.25) is 9.69 Å². The molecule has 2 amide bonds. The molecule has 0 aliphatic carbocycles. The predicted octanol–water partition coefficient (Wildman–Crippen LogP) is 4.22. The molecule has 0 aromatic heterocycles. The van der Waals surface area contributed by atoms with Crippen LogP contribution in [0.25, 0.3) is 0 Å². The number of benzene rings is 2. The third-order valence-electron chi connectivity index (χ3n) is 8.18. The highest BCUT2D eigenvalue weighted by molar-refractivity contribution is 5.78. The van der Waals surface area contributed by atoms with Crippen molar-refractivity contribution in [1.29, 1.82) is 0 Å². The lowest BCUT2D eigenvalue weighted by Gasteiger charge is -2.47. The summed E-state index contributed by atoms with van der Waals surface area (Å²) in [6, 6.07) is 12.7. The zero-order chi connectivity index (χ0) is 29.1. The maximum Gasteiger partial charge on any atom is 0.407 e. The first kappa shape index (κ1) is 29.2. The van der Waals surface area contributed by atoms with Gasteiger partial charge in [-0.25, -0.2) is 4.79 Å². The third kappa shape index (κ3) is 6.96. The van der Waals surface area contributed by atoms with Crippen LogP contribution in [-0.2, 0) is 20.7 Å². The van der Waals surface area contributed by atoms with Gasteiger partial charge in [-0.15, -0.1) is 0 Å². The molecule has 9 nitrogen and oxygen atoms in total. The Balaban J connectivity index is 1.38. The molecule has 0 spiro atoms. The second-order valence-electron chi connectivity index (χ2n) is 12.3. The number of rotatable bonds is 6. The standard InChI is InChI=1S/C32H43N3O6/c1-21-7-6-8-22(15-21)25-19-35-10-9-23-16-29(40-20-30(36)34-11-13-39-14-12-34)28(38-5)17-24(23)27(35)18-26(25)33-31(37)41-32(2,3)4/h6-8,15-17,25-27H,9-14,18-20H2,1-5H3,(H,33,37)/t25-,26+,27+/m0/s1. The van der Waals surface area contributed by atoms with E-state index in [-0.39, 0.29) is 30.5 Å². The quantitative estimate of drug-likeness (QED) is 0.561. The van der Waals surface area contributed by atoms with Gasteiger partial charge in [-0.05, 0) is 69.4 Å². The summed E-state index contributed by atoms with van der Waals surface area (Å²) in [5.41, 5.74) is 4.22. The Kier molecular flexibility index (Phi) is 8.75. The van der Waals surface area contributed by atoms with Gasteiger partial charge in [0.1, 0.15) is 5.60 Å². The van der Waals surface area contributed by atoms with Crippen molar-refractivity contribution >= 4 is 12.0 Å². The summed E-state index contributed by atoms with van der Waals surface area (Å²) in [4.78, 5) is 29.9. The summed E-state index contributed by atoms with van der Waals surface area (Å²) in [7, 11) is 1.63. The van der Waals surface area contributed by atoms with E-state index in [4.69, 9.17) is 18.9 Å². The number of nitrogens with one attached hydrogen (secondary N) is 1. The second-order valence-corrected chi connectivity index (χ2v) is 12.3. The average Bonchev–Trinajstić information content (AvgIpc) is 2.94. The van der Waals surface area contributed by atoms with Gasteiger partial charge in [0.05, 0.1) is 20.3 Å². The lowest BCUT2D eigenvalue weighted by atomic mass is 9.77. The zero-order valence-electron chi connectivity index (χ0n) is 24.9. The highest BCUT2D eigenvalue weighted by Gasteiger charge is 2.41. The number of alkyl carbamates (subject to hydrolysis) is 1. The molecule has 41 heavy (non-hydrogen) atoms. The van der Waals surface area contributed by atoms with Crippen LogP contribution in [0.15, 0.2) is 36.4 Å². The molecule has 2 fully saturated rings. The number of fused-ring (bicyclic) bond motifs is 3. The maximum absolute atomic E-state index is 12.9. The van der Waals surface area contributed by atoms with E-state index in [0.717, 1.165) is 25.9 Å². The Bertz CT molecular complexity index is 1250. The van der Waals surface area contributed by atoms with Crippen LogP contribution in [0, 0.1) is 6.92 Å². The molecular weight excluding hydrogens is 522 g/mol. The molecule has 0 unspecified atom stereocenters. The van der Waals surface area contributed by atoms with E-state index >= 15 is 0 Å². The van der Waals surface area contributed by atoms with Gasteiger partial charge in [0, 0.05) is 44.2 Å². The molecule has 5 rings (SSSR count). The van der Waals surface area contributed by atoms with E-state index in [1.165, 1.54) is 22.3 Å². The number of aryl methyl sites for hydroxylation is 1. The van der Waals surface area contributed by atoms with Crippen LogP contribution in [0.3, 0.4) is 0 Å². The zero-order valence-corrected chi connectivity index (χ0v) is 24.9. The smallest absolute Gasteiger partial charge is 0.407 e. The van der Waals surface area contributed by atoms with E-state index < -0.39 is 11.7 Å².